The Morgan fingerprint density at radius 1 is 1.27 bits per heavy atom. The Hall–Kier alpha value is -2.38. The van der Waals surface area contributed by atoms with Crippen LogP contribution in [0.2, 0.25) is 0 Å². The molecule has 2 heterocycles. The average Bonchev–Trinajstić information content (AvgIpc) is 3.08. The van der Waals surface area contributed by atoms with Gasteiger partial charge in [0.25, 0.3) is 5.56 Å². The molecule has 1 aliphatic heterocycles. The number of esters is 1. The molecule has 37 heavy (non-hydrogen) atoms. The molecule has 0 saturated carbocycles. The van der Waals surface area contributed by atoms with E-state index in [0.717, 1.165) is 10.6 Å². The van der Waals surface area contributed by atoms with Crippen LogP contribution >= 0.6 is 6.64 Å². The van der Waals surface area contributed by atoms with Crippen molar-refractivity contribution in [2.75, 3.05) is 6.61 Å². The Morgan fingerprint density at radius 3 is 2.54 bits per heavy atom. The predicted octanol–water partition coefficient (Wildman–Crippen LogP) is 1.19. The van der Waals surface area contributed by atoms with E-state index < -0.39 is 53.9 Å². The van der Waals surface area contributed by atoms with Crippen LogP contribution in [0, 0.1) is 0 Å². The van der Waals surface area contributed by atoms with Crippen molar-refractivity contribution in [2.45, 2.75) is 70.3 Å². The van der Waals surface area contributed by atoms with Crippen molar-refractivity contribution in [1.29, 1.82) is 0 Å². The van der Waals surface area contributed by atoms with Gasteiger partial charge in [-0.05, 0) is 51.1 Å². The van der Waals surface area contributed by atoms with Crippen LogP contribution in [0.1, 0.15) is 40.3 Å². The molecular weight excluding hydrogens is 525 g/mol. The van der Waals surface area contributed by atoms with Gasteiger partial charge in [0.15, 0.2) is 6.23 Å². The SMILES string of the molecule is CC[C@]1(O)C(n2ccc(=O)[nH]c2=O)OC(COP(=S)(NC(C)C(=O)OC(C)C)Oc2ccccc2)[C@H]1O. The van der Waals surface area contributed by atoms with Gasteiger partial charge in [-0.3, -0.25) is 19.1 Å². The smallest absolute Gasteiger partial charge is 0.330 e. The van der Waals surface area contributed by atoms with E-state index in [1.807, 2.05) is 0 Å². The van der Waals surface area contributed by atoms with Gasteiger partial charge in [-0.1, -0.05) is 25.1 Å². The summed E-state index contributed by atoms with van der Waals surface area (Å²) in [5.41, 5.74) is -3.30. The lowest BCUT2D eigenvalue weighted by Gasteiger charge is -2.30. The second kappa shape index (κ2) is 12.0. The van der Waals surface area contributed by atoms with Crippen LogP contribution in [0.3, 0.4) is 0 Å². The van der Waals surface area contributed by atoms with Crippen molar-refractivity contribution in [3.05, 3.63) is 63.4 Å². The zero-order valence-electron chi connectivity index (χ0n) is 20.9. The number of rotatable bonds is 11. The normalized spacial score (nSPS) is 26.0. The van der Waals surface area contributed by atoms with Crippen LogP contribution in [0.4, 0.5) is 0 Å². The molecule has 0 bridgehead atoms. The number of hydrogen-bond acceptors (Lipinski definition) is 10. The van der Waals surface area contributed by atoms with Gasteiger partial charge in [-0.25, -0.2) is 9.88 Å². The molecular formula is C23H32N3O9PS. The zero-order chi connectivity index (χ0) is 27.4. The molecule has 1 fully saturated rings. The first-order chi connectivity index (χ1) is 17.4. The van der Waals surface area contributed by atoms with Crippen molar-refractivity contribution < 1.29 is 33.5 Å². The Morgan fingerprint density at radius 2 is 1.95 bits per heavy atom. The van der Waals surface area contributed by atoms with Gasteiger partial charge < -0.3 is 28.7 Å². The van der Waals surface area contributed by atoms with E-state index >= 15 is 0 Å². The van der Waals surface area contributed by atoms with E-state index in [2.05, 4.69) is 10.1 Å². The maximum Gasteiger partial charge on any atom is 0.330 e. The third-order valence-corrected chi connectivity index (χ3v) is 8.20. The summed E-state index contributed by atoms with van der Waals surface area (Å²) in [6, 6.07) is 8.82. The second-order valence-electron chi connectivity index (χ2n) is 8.87. The minimum Gasteiger partial charge on any atom is -0.462 e. The Labute approximate surface area is 218 Å². The van der Waals surface area contributed by atoms with Gasteiger partial charge in [0.05, 0.1) is 12.7 Å². The van der Waals surface area contributed by atoms with E-state index in [1.54, 1.807) is 58.0 Å². The van der Waals surface area contributed by atoms with Crippen LogP contribution in [0.25, 0.3) is 0 Å². The summed E-state index contributed by atoms with van der Waals surface area (Å²) in [7, 11) is 0. The third-order valence-electron chi connectivity index (χ3n) is 5.70. The van der Waals surface area contributed by atoms with Crippen molar-refractivity contribution in [3.63, 3.8) is 0 Å². The lowest BCUT2D eigenvalue weighted by molar-refractivity contribution is -0.149. The van der Waals surface area contributed by atoms with Gasteiger partial charge in [0.2, 0.25) is 0 Å². The second-order valence-corrected chi connectivity index (χ2v) is 12.0. The number of carbonyl (C=O) groups excluding carboxylic acids is 1. The van der Waals surface area contributed by atoms with E-state index in [-0.39, 0.29) is 19.1 Å². The Balaban J connectivity index is 1.83. The molecule has 6 atom stereocenters. The Bertz CT molecular complexity index is 1240. The molecule has 1 saturated heterocycles. The first kappa shape index (κ1) is 29.2. The van der Waals surface area contributed by atoms with Gasteiger partial charge >= 0.3 is 18.3 Å². The van der Waals surface area contributed by atoms with Crippen molar-refractivity contribution in [3.8, 4) is 5.75 Å². The van der Waals surface area contributed by atoms with Crippen molar-refractivity contribution >= 4 is 24.4 Å². The fourth-order valence-corrected chi connectivity index (χ4v) is 6.18. The summed E-state index contributed by atoms with van der Waals surface area (Å²) in [5.74, 6) is -0.169. The molecule has 1 aromatic heterocycles. The minimum atomic E-state index is -3.44. The number of aromatic nitrogens is 2. The van der Waals surface area contributed by atoms with Crippen LogP contribution in [-0.4, -0.2) is 62.3 Å². The lowest BCUT2D eigenvalue weighted by atomic mass is 9.91. The van der Waals surface area contributed by atoms with E-state index in [4.69, 9.17) is 30.3 Å². The molecule has 0 spiro atoms. The van der Waals surface area contributed by atoms with E-state index in [9.17, 15) is 24.6 Å². The highest BCUT2D eigenvalue weighted by atomic mass is 32.5. The number of hydrogen-bond donors (Lipinski definition) is 4. The fraction of sp³-hybridized carbons (Fsp3) is 0.522. The molecule has 0 amide bonds. The first-order valence-electron chi connectivity index (χ1n) is 11.7. The standard InChI is InChI=1S/C23H32N3O9PS/c1-5-23(31)19(28)17(34-21(23)26-12-11-18(27)24-22(26)30)13-32-36(37,35-16-9-7-6-8-10-16)25-15(4)20(29)33-14(2)3/h6-12,14-15,17,19,21,28,31H,5,13H2,1-4H3,(H,25,37)(H,24,27,30)/t15?,17?,19-,21?,23-,36?/m1/s1. The van der Waals surface area contributed by atoms with Gasteiger partial charge in [-0.15, -0.1) is 0 Å². The molecule has 204 valence electrons. The van der Waals surface area contributed by atoms with Crippen molar-refractivity contribution in [1.82, 2.24) is 14.6 Å². The number of H-pyrrole nitrogens is 1. The van der Waals surface area contributed by atoms with Gasteiger partial charge in [0, 0.05) is 12.3 Å². The third kappa shape index (κ3) is 6.94. The average molecular weight is 558 g/mol. The highest BCUT2D eigenvalue weighted by Crippen LogP contribution is 2.47. The molecule has 12 nitrogen and oxygen atoms in total. The number of nitrogens with one attached hydrogen (secondary N) is 2. The predicted molar refractivity (Wildman–Crippen MR) is 138 cm³/mol. The number of aromatic amines is 1. The summed E-state index contributed by atoms with van der Waals surface area (Å²) in [4.78, 5) is 38.3. The topological polar surface area (TPSA) is 161 Å². The summed E-state index contributed by atoms with van der Waals surface area (Å²) >= 11 is 5.66. The minimum absolute atomic E-state index is 0.0197. The van der Waals surface area contributed by atoms with Crippen molar-refractivity contribution in [2.24, 2.45) is 0 Å². The molecule has 0 radical (unpaired) electrons. The molecule has 4 N–H and O–H groups in total. The lowest BCUT2D eigenvalue weighted by Crippen LogP contribution is -2.48. The largest absolute Gasteiger partial charge is 0.462 e. The number of carbonyl (C=O) groups is 1. The summed E-state index contributed by atoms with van der Waals surface area (Å²) in [6.45, 7) is 2.82. The van der Waals surface area contributed by atoms with Crippen LogP contribution in [0.15, 0.2) is 52.2 Å². The first-order valence-corrected chi connectivity index (χ1v) is 14.4. The number of ether oxygens (including phenoxy) is 2. The highest BCUT2D eigenvalue weighted by Gasteiger charge is 2.55. The quantitative estimate of drug-likeness (QED) is 0.232. The number of aliphatic hydroxyl groups excluding tert-OH is 1. The fourth-order valence-electron chi connectivity index (χ4n) is 3.76. The van der Waals surface area contributed by atoms with Crippen LogP contribution in [-0.2, 0) is 30.6 Å². The molecule has 0 aliphatic carbocycles. The molecule has 3 rings (SSSR count). The highest BCUT2D eigenvalue weighted by molar-refractivity contribution is 8.09. The van der Waals surface area contributed by atoms with E-state index in [0.29, 0.717) is 5.75 Å². The molecule has 14 heteroatoms. The molecule has 1 aliphatic rings. The number of benzene rings is 1. The number of aliphatic hydroxyl groups is 2. The monoisotopic (exact) mass is 557 g/mol. The Kier molecular flexibility index (Phi) is 9.46. The number of para-hydroxylation sites is 1. The number of nitrogens with zero attached hydrogens (tertiary/aromatic N) is 1. The molecule has 2 aromatic rings. The van der Waals surface area contributed by atoms with Crippen LogP contribution in [0.5, 0.6) is 5.75 Å². The summed E-state index contributed by atoms with van der Waals surface area (Å²) in [5, 5.41) is 25.0. The maximum absolute atomic E-state index is 12.4. The van der Waals surface area contributed by atoms with Gasteiger partial charge in [0.1, 0.15) is 29.6 Å². The summed E-state index contributed by atoms with van der Waals surface area (Å²) < 4.78 is 23.9. The molecule has 4 unspecified atom stereocenters. The van der Waals surface area contributed by atoms with Gasteiger partial charge in [-0.2, -0.15) is 0 Å². The van der Waals surface area contributed by atoms with E-state index in [1.165, 1.54) is 6.20 Å². The maximum atomic E-state index is 12.4. The summed E-state index contributed by atoms with van der Waals surface area (Å²) in [6.07, 6.45) is -3.07. The van der Waals surface area contributed by atoms with Crippen LogP contribution < -0.4 is 20.9 Å². The zero-order valence-corrected chi connectivity index (χ0v) is 22.6. The molecule has 1 aromatic carbocycles.